The SMILES string of the molecule is COc1c(CCS(=O)(=O)Cl)cccc1C(C)C. The Bertz CT molecular complexity index is 481. The van der Waals surface area contributed by atoms with Gasteiger partial charge in [-0.15, -0.1) is 0 Å². The van der Waals surface area contributed by atoms with Gasteiger partial charge in [-0.1, -0.05) is 32.0 Å². The summed E-state index contributed by atoms with van der Waals surface area (Å²) in [5.74, 6) is 1.02. The molecule has 0 aliphatic carbocycles. The van der Waals surface area contributed by atoms with Crippen LogP contribution in [0.1, 0.15) is 30.9 Å². The number of halogens is 1. The van der Waals surface area contributed by atoms with Gasteiger partial charge in [0, 0.05) is 10.7 Å². The fourth-order valence-corrected chi connectivity index (χ4v) is 2.43. The van der Waals surface area contributed by atoms with Gasteiger partial charge in [-0.25, -0.2) is 8.42 Å². The van der Waals surface area contributed by atoms with Crippen molar-refractivity contribution in [1.82, 2.24) is 0 Å². The van der Waals surface area contributed by atoms with E-state index in [0.29, 0.717) is 12.3 Å². The summed E-state index contributed by atoms with van der Waals surface area (Å²) < 4.78 is 27.3. The summed E-state index contributed by atoms with van der Waals surface area (Å²) in [4.78, 5) is 0. The number of rotatable bonds is 5. The van der Waals surface area contributed by atoms with Crippen molar-refractivity contribution in [2.24, 2.45) is 0 Å². The molecule has 0 aliphatic heterocycles. The summed E-state index contributed by atoms with van der Waals surface area (Å²) in [5.41, 5.74) is 1.96. The van der Waals surface area contributed by atoms with Crippen LogP contribution in [0.2, 0.25) is 0 Å². The smallest absolute Gasteiger partial charge is 0.232 e. The second kappa shape index (κ2) is 5.74. The van der Waals surface area contributed by atoms with Crippen molar-refractivity contribution < 1.29 is 13.2 Å². The van der Waals surface area contributed by atoms with Gasteiger partial charge >= 0.3 is 0 Å². The van der Waals surface area contributed by atoms with E-state index >= 15 is 0 Å². The Morgan fingerprint density at radius 2 is 2.00 bits per heavy atom. The minimum atomic E-state index is -3.46. The Labute approximate surface area is 107 Å². The van der Waals surface area contributed by atoms with E-state index in [1.165, 1.54) is 0 Å². The Kier molecular flexibility index (Phi) is 4.83. The molecule has 5 heteroatoms. The van der Waals surface area contributed by atoms with Crippen molar-refractivity contribution in [3.63, 3.8) is 0 Å². The zero-order chi connectivity index (χ0) is 13.1. The van der Waals surface area contributed by atoms with Gasteiger partial charge in [0.2, 0.25) is 9.05 Å². The van der Waals surface area contributed by atoms with Crippen LogP contribution in [0, 0.1) is 0 Å². The maximum absolute atomic E-state index is 10.9. The molecule has 0 unspecified atom stereocenters. The number of aryl methyl sites for hydroxylation is 1. The van der Waals surface area contributed by atoms with Crippen LogP contribution in [0.3, 0.4) is 0 Å². The first-order valence-electron chi connectivity index (χ1n) is 5.43. The molecule has 3 nitrogen and oxygen atoms in total. The third-order valence-electron chi connectivity index (χ3n) is 2.57. The van der Waals surface area contributed by atoms with Gasteiger partial charge in [0.05, 0.1) is 12.9 Å². The first-order chi connectivity index (χ1) is 7.85. The monoisotopic (exact) mass is 276 g/mol. The van der Waals surface area contributed by atoms with Crippen LogP contribution in [0.4, 0.5) is 0 Å². The topological polar surface area (TPSA) is 43.4 Å². The fourth-order valence-electron chi connectivity index (χ4n) is 1.74. The van der Waals surface area contributed by atoms with E-state index in [-0.39, 0.29) is 5.75 Å². The lowest BCUT2D eigenvalue weighted by Gasteiger charge is -2.15. The molecular formula is C12H17ClO3S. The Hall–Kier alpha value is -0.740. The van der Waals surface area contributed by atoms with Gasteiger partial charge in [0.15, 0.2) is 0 Å². The van der Waals surface area contributed by atoms with Gasteiger partial charge in [0.25, 0.3) is 0 Å². The van der Waals surface area contributed by atoms with Crippen molar-refractivity contribution in [2.75, 3.05) is 12.9 Å². The maximum atomic E-state index is 10.9. The van der Waals surface area contributed by atoms with E-state index in [2.05, 4.69) is 13.8 Å². The molecule has 0 bridgehead atoms. The lowest BCUT2D eigenvalue weighted by Crippen LogP contribution is -2.05. The van der Waals surface area contributed by atoms with E-state index in [1.807, 2.05) is 18.2 Å². The molecule has 17 heavy (non-hydrogen) atoms. The van der Waals surface area contributed by atoms with Crippen molar-refractivity contribution in [2.45, 2.75) is 26.2 Å². The van der Waals surface area contributed by atoms with Crippen molar-refractivity contribution in [3.05, 3.63) is 29.3 Å². The van der Waals surface area contributed by atoms with Crippen LogP contribution in [0.5, 0.6) is 5.75 Å². The van der Waals surface area contributed by atoms with E-state index < -0.39 is 9.05 Å². The number of methoxy groups -OCH3 is 1. The lowest BCUT2D eigenvalue weighted by molar-refractivity contribution is 0.403. The van der Waals surface area contributed by atoms with E-state index in [1.54, 1.807) is 7.11 Å². The van der Waals surface area contributed by atoms with Crippen LogP contribution in [-0.4, -0.2) is 21.3 Å². The second-order valence-electron chi connectivity index (χ2n) is 4.19. The molecule has 0 aromatic heterocycles. The van der Waals surface area contributed by atoms with Crippen LogP contribution < -0.4 is 4.74 Å². The highest BCUT2D eigenvalue weighted by Gasteiger charge is 2.14. The normalized spacial score (nSPS) is 11.8. The molecule has 1 aromatic carbocycles. The summed E-state index contributed by atoms with van der Waals surface area (Å²) >= 11 is 0. The first kappa shape index (κ1) is 14.3. The molecule has 96 valence electrons. The summed E-state index contributed by atoms with van der Waals surface area (Å²) in [7, 11) is 3.35. The molecule has 0 saturated carbocycles. The van der Waals surface area contributed by atoms with Crippen LogP contribution in [-0.2, 0) is 15.5 Å². The maximum Gasteiger partial charge on any atom is 0.232 e. The number of hydrogen-bond donors (Lipinski definition) is 0. The third kappa shape index (κ3) is 4.21. The zero-order valence-corrected chi connectivity index (χ0v) is 11.8. The van der Waals surface area contributed by atoms with Gasteiger partial charge in [-0.2, -0.15) is 0 Å². The van der Waals surface area contributed by atoms with E-state index in [0.717, 1.165) is 16.9 Å². The number of para-hydroxylation sites is 1. The second-order valence-corrected chi connectivity index (χ2v) is 7.08. The average molecular weight is 277 g/mol. The molecule has 0 fully saturated rings. The average Bonchev–Trinajstić information content (AvgIpc) is 2.24. The lowest BCUT2D eigenvalue weighted by atomic mass is 9.98. The standard InChI is InChI=1S/C12H17ClO3S/c1-9(2)11-6-4-5-10(12(11)16-3)7-8-17(13,14)15/h4-6,9H,7-8H2,1-3H3. The molecule has 0 atom stereocenters. The Morgan fingerprint density at radius 1 is 1.35 bits per heavy atom. The highest BCUT2D eigenvalue weighted by atomic mass is 35.7. The summed E-state index contributed by atoms with van der Waals surface area (Å²) in [6.07, 6.45) is 0.371. The minimum absolute atomic E-state index is 0.0769. The van der Waals surface area contributed by atoms with Gasteiger partial charge in [0.1, 0.15) is 5.75 Å². The molecule has 0 amide bonds. The number of benzene rings is 1. The van der Waals surface area contributed by atoms with Gasteiger partial charge < -0.3 is 4.74 Å². The fraction of sp³-hybridized carbons (Fsp3) is 0.500. The highest BCUT2D eigenvalue weighted by Crippen LogP contribution is 2.30. The summed E-state index contributed by atoms with van der Waals surface area (Å²) in [6.45, 7) is 4.14. The molecule has 0 heterocycles. The Morgan fingerprint density at radius 3 is 2.47 bits per heavy atom. The largest absolute Gasteiger partial charge is 0.496 e. The van der Waals surface area contributed by atoms with Gasteiger partial charge in [-0.3, -0.25) is 0 Å². The number of ether oxygens (including phenoxy) is 1. The molecular weight excluding hydrogens is 260 g/mol. The Balaban J connectivity index is 3.03. The zero-order valence-electron chi connectivity index (χ0n) is 10.2. The summed E-state index contributed by atoms with van der Waals surface area (Å²) in [6, 6.07) is 5.77. The molecule has 0 aliphatic rings. The van der Waals surface area contributed by atoms with E-state index in [4.69, 9.17) is 15.4 Å². The third-order valence-corrected chi connectivity index (χ3v) is 3.72. The predicted molar refractivity (Wildman–Crippen MR) is 70.4 cm³/mol. The minimum Gasteiger partial charge on any atom is -0.496 e. The predicted octanol–water partition coefficient (Wildman–Crippen LogP) is 2.93. The molecule has 1 rings (SSSR count). The van der Waals surface area contributed by atoms with Crippen molar-refractivity contribution in [3.8, 4) is 5.75 Å². The first-order valence-corrected chi connectivity index (χ1v) is 7.91. The van der Waals surface area contributed by atoms with Crippen molar-refractivity contribution in [1.29, 1.82) is 0 Å². The highest BCUT2D eigenvalue weighted by molar-refractivity contribution is 8.13. The van der Waals surface area contributed by atoms with Crippen LogP contribution in [0.25, 0.3) is 0 Å². The number of hydrogen-bond acceptors (Lipinski definition) is 3. The molecule has 0 saturated heterocycles. The quantitative estimate of drug-likeness (QED) is 0.777. The van der Waals surface area contributed by atoms with Crippen LogP contribution in [0.15, 0.2) is 18.2 Å². The van der Waals surface area contributed by atoms with E-state index in [9.17, 15) is 8.42 Å². The molecule has 0 spiro atoms. The summed E-state index contributed by atoms with van der Waals surface area (Å²) in [5, 5.41) is 0. The van der Waals surface area contributed by atoms with Crippen molar-refractivity contribution >= 4 is 19.7 Å². The van der Waals surface area contributed by atoms with Crippen LogP contribution >= 0.6 is 10.7 Å². The molecule has 0 N–H and O–H groups in total. The molecule has 0 radical (unpaired) electrons. The molecule has 1 aromatic rings. The van der Waals surface area contributed by atoms with Gasteiger partial charge in [-0.05, 0) is 23.5 Å².